The van der Waals surface area contributed by atoms with Crippen LogP contribution in [0.5, 0.6) is 0 Å². The number of amides is 1. The minimum atomic E-state index is -0.874. The van der Waals surface area contributed by atoms with Gasteiger partial charge in [0.2, 0.25) is 0 Å². The Morgan fingerprint density at radius 2 is 1.75 bits per heavy atom. The second-order valence-corrected chi connectivity index (χ2v) is 20.3. The van der Waals surface area contributed by atoms with Gasteiger partial charge in [0.1, 0.15) is 18.2 Å². The third-order valence-corrected chi connectivity index (χ3v) is 16.7. The molecule has 0 spiro atoms. The van der Waals surface area contributed by atoms with Gasteiger partial charge < -0.3 is 30.4 Å². The smallest absolute Gasteiger partial charge is 0.323 e. The summed E-state index contributed by atoms with van der Waals surface area (Å²) < 4.78 is 19.8. The summed E-state index contributed by atoms with van der Waals surface area (Å²) in [5.74, 6) is -1.40. The number of ether oxygens (including phenoxy) is 3. The van der Waals surface area contributed by atoms with Gasteiger partial charge in [-0.25, -0.2) is 0 Å². The summed E-state index contributed by atoms with van der Waals surface area (Å²) >= 11 is 3.39. The van der Waals surface area contributed by atoms with E-state index in [0.717, 1.165) is 30.2 Å². The minimum Gasteiger partial charge on any atom is -0.481 e. The lowest BCUT2D eigenvalue weighted by molar-refractivity contribution is -0.263. The maximum atomic E-state index is 13.7. The van der Waals surface area contributed by atoms with Crippen LogP contribution < -0.4 is 11.1 Å². The van der Waals surface area contributed by atoms with Gasteiger partial charge in [-0.05, 0) is 116 Å². The van der Waals surface area contributed by atoms with Gasteiger partial charge in [0.15, 0.2) is 0 Å². The van der Waals surface area contributed by atoms with Crippen LogP contribution in [-0.4, -0.2) is 66.9 Å². The van der Waals surface area contributed by atoms with Crippen molar-refractivity contribution >= 4 is 39.7 Å². The Kier molecular flexibility index (Phi) is 12.1. The Balaban J connectivity index is 1.21. The van der Waals surface area contributed by atoms with Crippen LogP contribution >= 0.6 is 15.9 Å². The van der Waals surface area contributed by atoms with Crippen LogP contribution in [0.4, 0.5) is 0 Å². The van der Waals surface area contributed by atoms with Crippen molar-refractivity contribution in [2.75, 3.05) is 19.8 Å². The van der Waals surface area contributed by atoms with E-state index in [2.05, 4.69) is 75.8 Å². The number of fused-ring (bicyclic) bond motifs is 3. The molecule has 1 unspecified atom stereocenters. The van der Waals surface area contributed by atoms with Crippen molar-refractivity contribution in [3.05, 3.63) is 46.0 Å². The van der Waals surface area contributed by atoms with Gasteiger partial charge in [0.05, 0.1) is 19.1 Å². The molecule has 310 valence electrons. The molecule has 1 aromatic rings. The SMILES string of the molecule is CC(=O)O[C@@H]1C[C@@]23COC[C@@](C)([C@@H]2CC[C@H]2C3=CC[C@@]3(C)[C@H](C(=O)O)[C@@](C)([C@H](C)C(C)C)CC[C@]23C)[C@H]1OC(=O)C(N)CCCCNC(=O)c1cccc(Br)c1. The molecule has 4 fully saturated rings. The maximum absolute atomic E-state index is 13.7. The zero-order chi connectivity index (χ0) is 41.0. The monoisotopic (exact) mass is 840 g/mol. The number of hydrogen-bond donors (Lipinski definition) is 3. The molecule has 1 amide bonds. The summed E-state index contributed by atoms with van der Waals surface area (Å²) in [7, 11) is 0. The first-order chi connectivity index (χ1) is 26.2. The molecule has 4 aliphatic carbocycles. The lowest BCUT2D eigenvalue weighted by Gasteiger charge is -2.71. The van der Waals surface area contributed by atoms with Gasteiger partial charge in [-0.1, -0.05) is 82.1 Å². The summed E-state index contributed by atoms with van der Waals surface area (Å²) in [4.78, 5) is 52.4. The highest BCUT2D eigenvalue weighted by Crippen LogP contribution is 2.75. The van der Waals surface area contributed by atoms with Gasteiger partial charge in [-0.15, -0.1) is 0 Å². The first kappa shape index (κ1) is 42.8. The fourth-order valence-corrected chi connectivity index (χ4v) is 13.3. The number of aliphatic carboxylic acids is 1. The molecular weight excluding hydrogens is 776 g/mol. The standard InChI is InChI=1S/C45H65BrN2O8/c1-26(2)27(3)41(5)19-20-43(7)31-15-16-35-42(6)24-54-25-45(35,32(31)17-18-44(43,8)36(41)39(51)52)23-34(55-28(4)49)37(42)56-40(53)33(47)14-9-10-21-48-38(50)29-12-11-13-30(46)22-29/h11-13,17,22,26-27,31,33-37H,9-10,14-16,18-21,23-25,47H2,1-8H3,(H,48,50)(H,51,52)/t27-,31+,33?,34-,35+,36-,37+,41-,42+,43-,44+,45+/m1/s1. The number of allylic oxidation sites excluding steroid dienone is 1. The second-order valence-electron chi connectivity index (χ2n) is 19.4. The van der Waals surface area contributed by atoms with Gasteiger partial charge >= 0.3 is 17.9 Å². The molecule has 10 nitrogen and oxygen atoms in total. The fraction of sp³-hybridized carbons (Fsp3) is 0.733. The van der Waals surface area contributed by atoms with Crippen molar-refractivity contribution in [2.45, 2.75) is 131 Å². The number of nitrogens with two attached hydrogens (primary N) is 1. The van der Waals surface area contributed by atoms with Crippen molar-refractivity contribution in [1.29, 1.82) is 0 Å². The highest BCUT2D eigenvalue weighted by atomic mass is 79.9. The average molecular weight is 842 g/mol. The predicted octanol–water partition coefficient (Wildman–Crippen LogP) is 8.11. The average Bonchev–Trinajstić information content (AvgIpc) is 3.12. The summed E-state index contributed by atoms with van der Waals surface area (Å²) in [5.41, 5.74) is 6.23. The fourth-order valence-electron chi connectivity index (χ4n) is 12.9. The van der Waals surface area contributed by atoms with Crippen LogP contribution in [0.1, 0.15) is 124 Å². The van der Waals surface area contributed by atoms with Crippen molar-refractivity contribution in [2.24, 2.45) is 62.4 Å². The molecule has 1 heterocycles. The molecule has 0 aromatic heterocycles. The highest BCUT2D eigenvalue weighted by molar-refractivity contribution is 9.10. The maximum Gasteiger partial charge on any atom is 0.323 e. The Morgan fingerprint density at radius 1 is 1.02 bits per heavy atom. The quantitative estimate of drug-likeness (QED) is 0.108. The topological polar surface area (TPSA) is 154 Å². The number of carboxylic acids is 1. The van der Waals surface area contributed by atoms with Crippen LogP contribution in [0, 0.1) is 56.7 Å². The van der Waals surface area contributed by atoms with Gasteiger partial charge in [0, 0.05) is 34.3 Å². The molecule has 0 radical (unpaired) electrons. The normalized spacial score (nSPS) is 38.5. The lowest BCUT2D eigenvalue weighted by atomic mass is 9.34. The molecule has 2 bridgehead atoms. The van der Waals surface area contributed by atoms with Crippen molar-refractivity contribution < 1.29 is 38.5 Å². The highest BCUT2D eigenvalue weighted by Gasteiger charge is 2.72. The van der Waals surface area contributed by atoms with E-state index in [0.29, 0.717) is 63.3 Å². The Hall–Kier alpha value is -2.76. The second kappa shape index (κ2) is 15.8. The van der Waals surface area contributed by atoms with E-state index in [1.807, 2.05) is 12.1 Å². The summed E-state index contributed by atoms with van der Waals surface area (Å²) in [6.45, 7) is 18.3. The van der Waals surface area contributed by atoms with Crippen molar-refractivity contribution in [1.82, 2.24) is 5.32 Å². The van der Waals surface area contributed by atoms with Crippen LogP contribution in [-0.2, 0) is 28.6 Å². The molecule has 1 aromatic carbocycles. The minimum absolute atomic E-state index is 0.110. The largest absolute Gasteiger partial charge is 0.481 e. The van der Waals surface area contributed by atoms with Crippen LogP contribution in [0.15, 0.2) is 40.4 Å². The molecule has 56 heavy (non-hydrogen) atoms. The van der Waals surface area contributed by atoms with Crippen LogP contribution in [0.2, 0.25) is 0 Å². The third kappa shape index (κ3) is 7.07. The number of unbranched alkanes of at least 4 members (excludes halogenated alkanes) is 1. The van der Waals surface area contributed by atoms with Crippen LogP contribution in [0.25, 0.3) is 0 Å². The molecule has 11 heteroatoms. The number of hydrogen-bond acceptors (Lipinski definition) is 8. The Bertz CT molecular complexity index is 1730. The van der Waals surface area contributed by atoms with E-state index in [-0.39, 0.29) is 34.5 Å². The van der Waals surface area contributed by atoms with E-state index in [1.165, 1.54) is 12.5 Å². The number of carbonyl (C=O) groups is 4. The molecule has 1 saturated heterocycles. The molecular formula is C45H65BrN2O8. The molecule has 4 N–H and O–H groups in total. The molecule has 5 aliphatic rings. The van der Waals surface area contributed by atoms with E-state index < -0.39 is 58.3 Å². The number of esters is 2. The zero-order valence-corrected chi connectivity index (χ0v) is 36.3. The number of nitrogens with one attached hydrogen (secondary N) is 1. The number of rotatable bonds is 12. The lowest BCUT2D eigenvalue weighted by Crippen LogP contribution is -2.70. The molecule has 12 atom stereocenters. The van der Waals surface area contributed by atoms with Gasteiger partial charge in [-0.2, -0.15) is 0 Å². The first-order valence-corrected chi connectivity index (χ1v) is 21.7. The number of halogens is 1. The van der Waals surface area contributed by atoms with Gasteiger partial charge in [0.25, 0.3) is 5.91 Å². The van der Waals surface area contributed by atoms with Crippen molar-refractivity contribution in [3.8, 4) is 0 Å². The van der Waals surface area contributed by atoms with E-state index in [1.54, 1.807) is 12.1 Å². The van der Waals surface area contributed by atoms with Crippen molar-refractivity contribution in [3.63, 3.8) is 0 Å². The summed E-state index contributed by atoms with van der Waals surface area (Å²) in [5, 5.41) is 13.9. The van der Waals surface area contributed by atoms with E-state index in [9.17, 15) is 24.3 Å². The number of carbonyl (C=O) groups excluding carboxylic acids is 3. The first-order valence-electron chi connectivity index (χ1n) is 20.9. The molecule has 1 aliphatic heterocycles. The molecule has 3 saturated carbocycles. The van der Waals surface area contributed by atoms with Crippen LogP contribution in [0.3, 0.4) is 0 Å². The third-order valence-electron chi connectivity index (χ3n) is 16.2. The summed E-state index contributed by atoms with van der Waals surface area (Å²) in [6, 6.07) is 6.32. The molecule has 6 rings (SSSR count). The number of benzene rings is 1. The van der Waals surface area contributed by atoms with E-state index in [4.69, 9.17) is 19.9 Å². The Morgan fingerprint density at radius 3 is 2.41 bits per heavy atom. The summed E-state index contributed by atoms with van der Waals surface area (Å²) in [6.07, 6.45) is 7.33. The Labute approximate surface area is 341 Å². The van der Waals surface area contributed by atoms with E-state index >= 15 is 0 Å². The number of carboxylic acid groups (broad SMARTS) is 1. The van der Waals surface area contributed by atoms with Gasteiger partial charge in [-0.3, -0.25) is 19.2 Å². The zero-order valence-electron chi connectivity index (χ0n) is 34.8. The predicted molar refractivity (Wildman–Crippen MR) is 217 cm³/mol.